The number of aromatic nitrogens is 2. The van der Waals surface area contributed by atoms with Crippen LogP contribution in [0.3, 0.4) is 0 Å². The molecule has 2 aromatic heterocycles. The Balaban J connectivity index is 2.09. The van der Waals surface area contributed by atoms with Gasteiger partial charge in [-0.25, -0.2) is 4.98 Å². The Morgan fingerprint density at radius 1 is 1.41 bits per heavy atom. The average Bonchev–Trinajstić information content (AvgIpc) is 2.79. The van der Waals surface area contributed by atoms with Gasteiger partial charge in [-0.15, -0.1) is 11.3 Å². The second kappa shape index (κ2) is 5.51. The van der Waals surface area contributed by atoms with Gasteiger partial charge in [0.15, 0.2) is 5.13 Å². The number of hydrogen-bond acceptors (Lipinski definition) is 5. The van der Waals surface area contributed by atoms with Crippen molar-refractivity contribution < 1.29 is 4.79 Å². The van der Waals surface area contributed by atoms with E-state index in [1.165, 1.54) is 11.3 Å². The summed E-state index contributed by atoms with van der Waals surface area (Å²) in [6.45, 7) is 0.342. The monoisotopic (exact) mass is 248 g/mol. The summed E-state index contributed by atoms with van der Waals surface area (Å²) in [6, 6.07) is 3.75. The summed E-state index contributed by atoms with van der Waals surface area (Å²) in [5.41, 5.74) is 7.11. The average molecular weight is 248 g/mol. The molecular formula is C11H12N4OS. The number of thiazole rings is 1. The number of nitrogens with two attached hydrogens (primary N) is 1. The van der Waals surface area contributed by atoms with Gasteiger partial charge in [0, 0.05) is 36.3 Å². The maximum atomic E-state index is 11.3. The van der Waals surface area contributed by atoms with Crippen LogP contribution in [0.2, 0.25) is 0 Å². The quantitative estimate of drug-likeness (QED) is 0.859. The van der Waals surface area contributed by atoms with Crippen molar-refractivity contribution in [1.82, 2.24) is 9.97 Å². The Hall–Kier alpha value is -1.79. The number of nitrogens with one attached hydrogen (secondary N) is 1. The van der Waals surface area contributed by atoms with Crippen LogP contribution >= 0.6 is 11.3 Å². The van der Waals surface area contributed by atoms with E-state index in [0.717, 1.165) is 11.3 Å². The van der Waals surface area contributed by atoms with Crippen LogP contribution in [0.15, 0.2) is 29.9 Å². The van der Waals surface area contributed by atoms with Crippen molar-refractivity contribution in [2.75, 3.05) is 11.9 Å². The standard InChI is InChI=1S/C11H12N4OS/c12-4-1-10(16)15-11-14-9(7-17-11)8-2-5-13-6-3-8/h2-3,5-7H,1,4,12H2,(H,14,15,16). The normalized spacial score (nSPS) is 10.2. The van der Waals surface area contributed by atoms with E-state index in [9.17, 15) is 4.79 Å². The van der Waals surface area contributed by atoms with Gasteiger partial charge in [-0.3, -0.25) is 9.78 Å². The van der Waals surface area contributed by atoms with Gasteiger partial charge in [-0.2, -0.15) is 0 Å². The Labute approximate surface area is 103 Å². The molecule has 0 aliphatic heterocycles. The molecule has 0 aliphatic carbocycles. The summed E-state index contributed by atoms with van der Waals surface area (Å²) in [5.74, 6) is -0.108. The maximum absolute atomic E-state index is 11.3. The van der Waals surface area contributed by atoms with Gasteiger partial charge in [-0.1, -0.05) is 0 Å². The van der Waals surface area contributed by atoms with E-state index in [-0.39, 0.29) is 5.91 Å². The molecule has 88 valence electrons. The van der Waals surface area contributed by atoms with Crippen LogP contribution in [0.5, 0.6) is 0 Å². The zero-order chi connectivity index (χ0) is 12.1. The highest BCUT2D eigenvalue weighted by Gasteiger charge is 2.06. The molecule has 0 aliphatic rings. The first-order valence-corrected chi connectivity index (χ1v) is 6.03. The highest BCUT2D eigenvalue weighted by Crippen LogP contribution is 2.24. The van der Waals surface area contributed by atoms with Gasteiger partial charge in [0.1, 0.15) is 0 Å². The van der Waals surface area contributed by atoms with E-state index in [0.29, 0.717) is 18.1 Å². The SMILES string of the molecule is NCCC(=O)Nc1nc(-c2ccncc2)cs1. The van der Waals surface area contributed by atoms with Crippen molar-refractivity contribution >= 4 is 22.4 Å². The highest BCUT2D eigenvalue weighted by atomic mass is 32.1. The van der Waals surface area contributed by atoms with Gasteiger partial charge in [0.25, 0.3) is 0 Å². The molecule has 0 bridgehead atoms. The van der Waals surface area contributed by atoms with E-state index in [2.05, 4.69) is 15.3 Å². The van der Waals surface area contributed by atoms with Crippen LogP contribution < -0.4 is 11.1 Å². The van der Waals surface area contributed by atoms with Crippen molar-refractivity contribution in [3.8, 4) is 11.3 Å². The fourth-order valence-corrected chi connectivity index (χ4v) is 2.04. The first kappa shape index (κ1) is 11.7. The van der Waals surface area contributed by atoms with E-state index < -0.39 is 0 Å². The number of carbonyl (C=O) groups is 1. The third-order valence-corrected chi connectivity index (χ3v) is 2.86. The smallest absolute Gasteiger partial charge is 0.227 e. The molecule has 6 heteroatoms. The fourth-order valence-electron chi connectivity index (χ4n) is 1.30. The molecular weight excluding hydrogens is 236 g/mol. The number of carbonyl (C=O) groups excluding carboxylic acids is 1. The van der Waals surface area contributed by atoms with Gasteiger partial charge in [0.05, 0.1) is 5.69 Å². The van der Waals surface area contributed by atoms with Crippen LogP contribution in [-0.2, 0) is 4.79 Å². The lowest BCUT2D eigenvalue weighted by molar-refractivity contribution is -0.116. The summed E-state index contributed by atoms with van der Waals surface area (Å²) in [6.07, 6.45) is 3.73. The summed E-state index contributed by atoms with van der Waals surface area (Å²) in [7, 11) is 0. The summed E-state index contributed by atoms with van der Waals surface area (Å²) < 4.78 is 0. The van der Waals surface area contributed by atoms with Crippen molar-refractivity contribution in [2.24, 2.45) is 5.73 Å². The third kappa shape index (κ3) is 3.08. The molecule has 2 aromatic rings. The predicted molar refractivity (Wildman–Crippen MR) is 67.6 cm³/mol. The molecule has 1 amide bonds. The first-order valence-electron chi connectivity index (χ1n) is 5.15. The summed E-state index contributed by atoms with van der Waals surface area (Å²) in [5, 5.41) is 5.19. The lowest BCUT2D eigenvalue weighted by atomic mass is 10.2. The minimum absolute atomic E-state index is 0.108. The lowest BCUT2D eigenvalue weighted by Crippen LogP contribution is -2.15. The van der Waals surface area contributed by atoms with E-state index in [4.69, 9.17) is 5.73 Å². The molecule has 2 rings (SSSR count). The highest BCUT2D eigenvalue weighted by molar-refractivity contribution is 7.14. The molecule has 3 N–H and O–H groups in total. The Morgan fingerprint density at radius 3 is 2.88 bits per heavy atom. The maximum Gasteiger partial charge on any atom is 0.227 e. The zero-order valence-corrected chi connectivity index (χ0v) is 9.91. The number of anilines is 1. The van der Waals surface area contributed by atoms with Crippen molar-refractivity contribution in [2.45, 2.75) is 6.42 Å². The summed E-state index contributed by atoms with van der Waals surface area (Å²) >= 11 is 1.39. The van der Waals surface area contributed by atoms with Gasteiger partial charge < -0.3 is 11.1 Å². The summed E-state index contributed by atoms with van der Waals surface area (Å²) in [4.78, 5) is 19.6. The molecule has 0 aromatic carbocycles. The minimum Gasteiger partial charge on any atom is -0.330 e. The van der Waals surface area contributed by atoms with Crippen LogP contribution in [-0.4, -0.2) is 22.4 Å². The molecule has 17 heavy (non-hydrogen) atoms. The topological polar surface area (TPSA) is 80.9 Å². The van der Waals surface area contributed by atoms with Crippen molar-refractivity contribution in [3.05, 3.63) is 29.9 Å². The van der Waals surface area contributed by atoms with Crippen molar-refractivity contribution in [1.29, 1.82) is 0 Å². The predicted octanol–water partition coefficient (Wildman–Crippen LogP) is 1.49. The van der Waals surface area contributed by atoms with Crippen LogP contribution in [0.4, 0.5) is 5.13 Å². The van der Waals surface area contributed by atoms with Crippen LogP contribution in [0.1, 0.15) is 6.42 Å². The Kier molecular flexibility index (Phi) is 3.79. The molecule has 0 radical (unpaired) electrons. The molecule has 0 fully saturated rings. The number of pyridine rings is 1. The van der Waals surface area contributed by atoms with E-state index in [1.54, 1.807) is 12.4 Å². The number of hydrogen-bond donors (Lipinski definition) is 2. The molecule has 0 atom stereocenters. The van der Waals surface area contributed by atoms with Gasteiger partial charge in [-0.05, 0) is 12.1 Å². The van der Waals surface area contributed by atoms with Crippen molar-refractivity contribution in [3.63, 3.8) is 0 Å². The van der Waals surface area contributed by atoms with Crippen LogP contribution in [0, 0.1) is 0 Å². The molecule has 5 nitrogen and oxygen atoms in total. The molecule has 0 unspecified atom stereocenters. The third-order valence-electron chi connectivity index (χ3n) is 2.10. The molecule has 0 spiro atoms. The number of amides is 1. The Bertz CT molecular complexity index is 497. The zero-order valence-electron chi connectivity index (χ0n) is 9.09. The Morgan fingerprint density at radius 2 is 2.18 bits per heavy atom. The second-order valence-electron chi connectivity index (χ2n) is 3.36. The van der Waals surface area contributed by atoms with Gasteiger partial charge >= 0.3 is 0 Å². The van der Waals surface area contributed by atoms with Crippen LogP contribution in [0.25, 0.3) is 11.3 Å². The lowest BCUT2D eigenvalue weighted by Gasteiger charge is -1.98. The molecule has 2 heterocycles. The number of rotatable bonds is 4. The van der Waals surface area contributed by atoms with Gasteiger partial charge in [0.2, 0.25) is 5.91 Å². The molecule has 0 saturated heterocycles. The molecule has 0 saturated carbocycles. The first-order chi connectivity index (χ1) is 8.29. The largest absolute Gasteiger partial charge is 0.330 e. The van der Waals surface area contributed by atoms with E-state index >= 15 is 0 Å². The van der Waals surface area contributed by atoms with E-state index in [1.807, 2.05) is 17.5 Å². The fraction of sp³-hybridized carbons (Fsp3) is 0.182. The number of nitrogens with zero attached hydrogens (tertiary/aromatic N) is 2. The minimum atomic E-state index is -0.108. The second-order valence-corrected chi connectivity index (χ2v) is 4.22.